The number of para-hydroxylation sites is 1. The summed E-state index contributed by atoms with van der Waals surface area (Å²) in [5, 5.41) is 27.1. The molecule has 3 aliphatic heterocycles. The number of amides is 2. The molecule has 1 aromatic heterocycles. The number of aryl methyl sites for hydroxylation is 1. The molecule has 0 aliphatic carbocycles. The lowest BCUT2D eigenvalue weighted by Gasteiger charge is -2.37. The van der Waals surface area contributed by atoms with Crippen molar-refractivity contribution >= 4 is 42.1 Å². The van der Waals surface area contributed by atoms with Crippen LogP contribution >= 0.6 is 0 Å². The summed E-state index contributed by atoms with van der Waals surface area (Å²) in [5.41, 5.74) is 3.31. The van der Waals surface area contributed by atoms with Crippen LogP contribution in [0.2, 0.25) is 18.6 Å². The molecule has 11 nitrogen and oxygen atoms in total. The van der Waals surface area contributed by atoms with Gasteiger partial charge in [-0.2, -0.15) is 0 Å². The largest absolute Gasteiger partial charge is 0.497 e. The molecule has 2 unspecified atom stereocenters. The Kier molecular flexibility index (Phi) is 10.9. The number of benzene rings is 4. The van der Waals surface area contributed by atoms with Gasteiger partial charge in [0.05, 0.1) is 51.1 Å². The van der Waals surface area contributed by atoms with E-state index < -0.39 is 13.7 Å². The third-order valence-corrected chi connectivity index (χ3v) is 17.0. The summed E-state index contributed by atoms with van der Waals surface area (Å²) in [4.78, 5) is 30.7. The number of hydrogen-bond donors (Lipinski definition) is 3. The van der Waals surface area contributed by atoms with Gasteiger partial charge in [0.2, 0.25) is 5.91 Å². The Hall–Kier alpha value is -5.14. The van der Waals surface area contributed by atoms with Crippen LogP contribution in [0.4, 0.5) is 17.1 Å². The highest BCUT2D eigenvalue weighted by atomic mass is 28.3. The molecule has 4 aromatic carbocycles. The van der Waals surface area contributed by atoms with Crippen molar-refractivity contribution in [2.24, 2.45) is 11.8 Å². The van der Waals surface area contributed by atoms with Gasteiger partial charge < -0.3 is 25.2 Å². The number of rotatable bonds is 12. The number of aliphatic hydroxyl groups excluding tert-OH is 1. The van der Waals surface area contributed by atoms with Crippen LogP contribution in [-0.4, -0.2) is 72.9 Å². The minimum absolute atomic E-state index is 0.00230. The van der Waals surface area contributed by atoms with Gasteiger partial charge in [-0.25, -0.2) is 0 Å². The summed E-state index contributed by atoms with van der Waals surface area (Å²) in [6.45, 7) is 8.91. The average Bonchev–Trinajstić information content (AvgIpc) is 3.91. The quantitative estimate of drug-likeness (QED) is 0.125. The number of anilines is 3. The lowest BCUT2D eigenvalue weighted by atomic mass is 9.82. The summed E-state index contributed by atoms with van der Waals surface area (Å²) in [5.74, 6) is 0.00629. The molecule has 4 heterocycles. The number of nitrogens with zero attached hydrogens (tertiary/aromatic N) is 4. The fraction of sp³-hybridized carbons (Fsp3) is 0.378. The number of ether oxygens (including phenoxy) is 2. The molecule has 0 bridgehead atoms. The summed E-state index contributed by atoms with van der Waals surface area (Å²) in [6, 6.07) is 33.8. The molecule has 0 radical (unpaired) electrons. The Labute approximate surface area is 335 Å². The fourth-order valence-corrected chi connectivity index (χ4v) is 13.7. The maximum absolute atomic E-state index is 15.4. The molecule has 2 amide bonds. The Morgan fingerprint density at radius 1 is 1.05 bits per heavy atom. The highest BCUT2D eigenvalue weighted by Gasteiger charge is 2.66. The predicted molar refractivity (Wildman–Crippen MR) is 224 cm³/mol. The number of carbonyl (C=O) groups excluding carboxylic acids is 2. The van der Waals surface area contributed by atoms with Crippen LogP contribution < -0.4 is 25.5 Å². The summed E-state index contributed by atoms with van der Waals surface area (Å²) in [7, 11) is -0.750. The minimum Gasteiger partial charge on any atom is -0.497 e. The first-order chi connectivity index (χ1) is 27.6. The van der Waals surface area contributed by atoms with Crippen molar-refractivity contribution in [2.45, 2.75) is 69.0 Å². The number of fused-ring (bicyclic) bond motifs is 2. The zero-order valence-corrected chi connectivity index (χ0v) is 34.1. The normalized spacial score (nSPS) is 23.7. The second kappa shape index (κ2) is 16.0. The van der Waals surface area contributed by atoms with Crippen molar-refractivity contribution in [1.82, 2.24) is 20.3 Å². The van der Waals surface area contributed by atoms with Crippen molar-refractivity contribution in [3.63, 3.8) is 0 Å². The first-order valence-electron chi connectivity index (χ1n) is 20.1. The second-order valence-corrected chi connectivity index (χ2v) is 20.9. The Balaban J connectivity index is 1.18. The maximum Gasteiger partial charge on any atom is 0.268 e. The van der Waals surface area contributed by atoms with Crippen LogP contribution in [0, 0.1) is 11.8 Å². The minimum atomic E-state index is -2.42. The van der Waals surface area contributed by atoms with Gasteiger partial charge in [0.25, 0.3) is 5.91 Å². The lowest BCUT2D eigenvalue weighted by Crippen LogP contribution is -2.51. The lowest BCUT2D eigenvalue weighted by molar-refractivity contribution is -0.145. The highest BCUT2D eigenvalue weighted by molar-refractivity contribution is 6.91. The van der Waals surface area contributed by atoms with E-state index in [1.165, 1.54) is 5.19 Å². The van der Waals surface area contributed by atoms with Crippen LogP contribution in [0.1, 0.15) is 48.9 Å². The number of aromatic nitrogens is 3. The zero-order valence-electron chi connectivity index (χ0n) is 33.1. The molecule has 1 spiro atoms. The van der Waals surface area contributed by atoms with Crippen molar-refractivity contribution < 1.29 is 24.2 Å². The molecule has 5 aromatic rings. The van der Waals surface area contributed by atoms with E-state index in [9.17, 15) is 9.90 Å². The molecular formula is C45H52N6O5Si. The van der Waals surface area contributed by atoms with Crippen molar-refractivity contribution in [3.05, 3.63) is 126 Å². The summed E-state index contributed by atoms with van der Waals surface area (Å²) >= 11 is 0. The molecule has 12 heteroatoms. The fourth-order valence-electron chi connectivity index (χ4n) is 9.64. The Morgan fingerprint density at radius 2 is 1.79 bits per heavy atom. The van der Waals surface area contributed by atoms with Gasteiger partial charge in [-0.05, 0) is 79.4 Å². The smallest absolute Gasteiger partial charge is 0.268 e. The molecule has 3 aliphatic rings. The van der Waals surface area contributed by atoms with Crippen LogP contribution in [0.25, 0.3) is 0 Å². The molecular weight excluding hydrogens is 733 g/mol. The van der Waals surface area contributed by atoms with E-state index in [-0.39, 0.29) is 47.8 Å². The van der Waals surface area contributed by atoms with Crippen molar-refractivity contribution in [3.8, 4) is 5.75 Å². The number of piperidine rings is 1. The first kappa shape index (κ1) is 38.7. The molecule has 2 fully saturated rings. The van der Waals surface area contributed by atoms with Gasteiger partial charge in [-0.3, -0.25) is 19.2 Å². The van der Waals surface area contributed by atoms with E-state index in [0.717, 1.165) is 47.6 Å². The standard InChI is InChI=1S/C45H52N6O5Si/c1-30-42(57(3,4)36-20-18-35(55-2)19-21-36)41(23-25-50-28-39(48-49-50)37(29-52)31-12-7-5-8-13-31)56-45(30)38-26-33(47-43(53)32-14-11-24-46-27-32)17-22-40(38)51(44(45)54)34-15-9-6-10-16-34/h5-10,12-13,15-22,26,28,30,32,37,41-42,46,52H,11,14,23-25,27,29H2,1-4H3,(H,47,53)/t30-,32?,37?,41+,42-,45+/m0/s1. The van der Waals surface area contributed by atoms with Gasteiger partial charge in [0.1, 0.15) is 5.75 Å². The molecule has 3 N–H and O–H groups in total. The van der Waals surface area contributed by atoms with E-state index in [2.05, 4.69) is 53.1 Å². The zero-order chi connectivity index (χ0) is 39.7. The third-order valence-electron chi connectivity index (χ3n) is 12.6. The van der Waals surface area contributed by atoms with Gasteiger partial charge in [-0.15, -0.1) is 5.10 Å². The number of hydrogen-bond acceptors (Lipinski definition) is 8. The van der Waals surface area contributed by atoms with E-state index in [1.807, 2.05) is 102 Å². The molecule has 2 saturated heterocycles. The van der Waals surface area contributed by atoms with Crippen molar-refractivity contribution in [1.29, 1.82) is 0 Å². The van der Waals surface area contributed by atoms with Gasteiger partial charge in [0.15, 0.2) is 5.60 Å². The molecule has 0 saturated carbocycles. The second-order valence-electron chi connectivity index (χ2n) is 16.2. The summed E-state index contributed by atoms with van der Waals surface area (Å²) < 4.78 is 14.8. The third kappa shape index (κ3) is 7.09. The van der Waals surface area contributed by atoms with Crippen LogP contribution in [-0.2, 0) is 26.5 Å². The monoisotopic (exact) mass is 784 g/mol. The number of methoxy groups -OCH3 is 1. The maximum atomic E-state index is 15.4. The average molecular weight is 785 g/mol. The molecule has 6 atom stereocenters. The predicted octanol–water partition coefficient (Wildman–Crippen LogP) is 6.33. The van der Waals surface area contributed by atoms with E-state index in [4.69, 9.17) is 9.47 Å². The molecule has 8 rings (SSSR count). The number of carbonyl (C=O) groups is 2. The summed E-state index contributed by atoms with van der Waals surface area (Å²) in [6.07, 6.45) is 3.97. The van der Waals surface area contributed by atoms with Gasteiger partial charge in [-0.1, -0.05) is 91.1 Å². The highest BCUT2D eigenvalue weighted by Crippen LogP contribution is 2.61. The van der Waals surface area contributed by atoms with Crippen LogP contribution in [0.3, 0.4) is 0 Å². The molecule has 296 valence electrons. The van der Waals surface area contributed by atoms with E-state index >= 15 is 4.79 Å². The van der Waals surface area contributed by atoms with Crippen LogP contribution in [0.15, 0.2) is 109 Å². The van der Waals surface area contributed by atoms with E-state index in [1.54, 1.807) is 12.0 Å². The number of nitrogens with one attached hydrogen (secondary N) is 2. The SMILES string of the molecule is COc1ccc([Si](C)(C)[C@@H]2[C@@H](CCn3cc(C(CO)c4ccccc4)nn3)O[C@]3(C(=O)N(c4ccccc4)c4ccc(NC(=O)C5CCCNC5)cc43)[C@H]2C)cc1. The van der Waals surface area contributed by atoms with Crippen molar-refractivity contribution in [2.75, 3.05) is 37.0 Å². The van der Waals surface area contributed by atoms with E-state index in [0.29, 0.717) is 30.9 Å². The number of aliphatic hydroxyl groups is 1. The Bertz CT molecular complexity index is 2190. The Morgan fingerprint density at radius 3 is 2.47 bits per heavy atom. The first-order valence-corrected chi connectivity index (χ1v) is 23.2. The topological polar surface area (TPSA) is 131 Å². The molecule has 57 heavy (non-hydrogen) atoms. The van der Waals surface area contributed by atoms with Crippen LogP contribution in [0.5, 0.6) is 5.75 Å². The van der Waals surface area contributed by atoms with Gasteiger partial charge in [0, 0.05) is 42.1 Å². The van der Waals surface area contributed by atoms with Gasteiger partial charge >= 0.3 is 0 Å².